The number of esters is 1. The number of hydrogen-bond donors (Lipinski definition) is 1. The van der Waals surface area contributed by atoms with Crippen molar-refractivity contribution in [1.82, 2.24) is 5.32 Å². The van der Waals surface area contributed by atoms with Gasteiger partial charge in [-0.15, -0.1) is 0 Å². The van der Waals surface area contributed by atoms with Gasteiger partial charge in [0.25, 0.3) is 0 Å². The maximum Gasteiger partial charge on any atom is 0.407 e. The molecule has 0 fully saturated rings. The number of alkyl carbamates (subject to hydrolysis) is 1. The average Bonchev–Trinajstić information content (AvgIpc) is 3.03. The number of carbonyl (C=O) groups excluding carboxylic acids is 2. The minimum Gasteiger partial charge on any atom is -0.469 e. The quantitative estimate of drug-likeness (QED) is 0.0738. The summed E-state index contributed by atoms with van der Waals surface area (Å²) in [6.07, 6.45) is -0.215. The maximum atomic E-state index is 11.5. The van der Waals surface area contributed by atoms with Gasteiger partial charge in [0.15, 0.2) is 0 Å². The molecule has 16 heteroatoms. The second kappa shape index (κ2) is 35.6. The first kappa shape index (κ1) is 45.3. The minimum absolute atomic E-state index is 0.241. The normalized spacial score (nSPS) is 11.6. The highest BCUT2D eigenvalue weighted by molar-refractivity contribution is 5.69. The number of hydrogen-bond acceptors (Lipinski definition) is 15. The van der Waals surface area contributed by atoms with Gasteiger partial charge in [-0.1, -0.05) is 0 Å². The largest absolute Gasteiger partial charge is 0.469 e. The van der Waals surface area contributed by atoms with Gasteiger partial charge < -0.3 is 66.9 Å². The molecule has 0 aliphatic heterocycles. The van der Waals surface area contributed by atoms with Crippen LogP contribution in [0.3, 0.4) is 0 Å². The van der Waals surface area contributed by atoms with E-state index in [2.05, 4.69) is 10.1 Å². The van der Waals surface area contributed by atoms with Crippen LogP contribution in [0.4, 0.5) is 4.79 Å². The molecule has 280 valence electrons. The van der Waals surface area contributed by atoms with E-state index in [1.165, 1.54) is 7.11 Å². The number of rotatable bonds is 36. The van der Waals surface area contributed by atoms with E-state index in [0.29, 0.717) is 152 Å². The van der Waals surface area contributed by atoms with Crippen LogP contribution in [-0.4, -0.2) is 177 Å². The Labute approximate surface area is 280 Å². The van der Waals surface area contributed by atoms with E-state index in [1.807, 2.05) is 20.8 Å². The topological polar surface area (TPSA) is 166 Å². The van der Waals surface area contributed by atoms with Crippen LogP contribution in [0.15, 0.2) is 0 Å². The predicted octanol–water partition coefficient (Wildman–Crippen LogP) is 1.26. The van der Waals surface area contributed by atoms with Crippen molar-refractivity contribution < 1.29 is 71.2 Å². The van der Waals surface area contributed by atoms with Crippen LogP contribution < -0.4 is 5.32 Å². The van der Waals surface area contributed by atoms with E-state index in [1.54, 1.807) is 0 Å². The van der Waals surface area contributed by atoms with Crippen LogP contribution in [0.1, 0.15) is 27.2 Å². The van der Waals surface area contributed by atoms with Crippen LogP contribution in [0.5, 0.6) is 0 Å². The van der Waals surface area contributed by atoms with Crippen LogP contribution in [0, 0.1) is 0 Å². The third kappa shape index (κ3) is 40.4. The van der Waals surface area contributed by atoms with Gasteiger partial charge >= 0.3 is 12.1 Å². The summed E-state index contributed by atoms with van der Waals surface area (Å²) in [5.74, 6) is -0.289. The summed E-state index contributed by atoms with van der Waals surface area (Å²) in [6.45, 7) is 16.0. The Morgan fingerprint density at radius 3 is 0.936 bits per heavy atom. The van der Waals surface area contributed by atoms with Gasteiger partial charge in [-0.25, -0.2) is 4.79 Å². The molecule has 0 heterocycles. The van der Waals surface area contributed by atoms with Crippen molar-refractivity contribution in [2.24, 2.45) is 0 Å². The van der Waals surface area contributed by atoms with Gasteiger partial charge in [-0.2, -0.15) is 0 Å². The molecule has 0 bridgehead atoms. The molecular weight excluding hydrogens is 626 g/mol. The zero-order valence-electron chi connectivity index (χ0n) is 29.1. The van der Waals surface area contributed by atoms with E-state index >= 15 is 0 Å². The summed E-state index contributed by atoms with van der Waals surface area (Å²) in [5.41, 5.74) is -0.514. The summed E-state index contributed by atoms with van der Waals surface area (Å²) in [6, 6.07) is 0. The molecule has 0 aromatic heterocycles. The van der Waals surface area contributed by atoms with Gasteiger partial charge in [-0.05, 0) is 20.8 Å². The van der Waals surface area contributed by atoms with Crippen molar-refractivity contribution in [1.29, 1.82) is 0 Å². The lowest BCUT2D eigenvalue weighted by Crippen LogP contribution is -2.34. The highest BCUT2D eigenvalue weighted by atomic mass is 16.6. The van der Waals surface area contributed by atoms with Gasteiger partial charge in [0, 0.05) is 6.54 Å². The highest BCUT2D eigenvalue weighted by Crippen LogP contribution is 2.06. The SMILES string of the molecule is COC(=O)CCOCCOCCOCCOCCOCCOCCOCCOCCOCCOCCOCCNC(=O)OC(C)(C)C. The number of nitrogens with one attached hydrogen (secondary N) is 1. The van der Waals surface area contributed by atoms with E-state index in [9.17, 15) is 9.59 Å². The predicted molar refractivity (Wildman–Crippen MR) is 170 cm³/mol. The molecule has 1 amide bonds. The zero-order valence-corrected chi connectivity index (χ0v) is 29.1. The molecular formula is C31H61NO15. The van der Waals surface area contributed by atoms with E-state index in [-0.39, 0.29) is 12.4 Å². The molecule has 0 rings (SSSR count). The molecule has 0 aliphatic rings. The minimum atomic E-state index is -0.514. The van der Waals surface area contributed by atoms with Crippen molar-refractivity contribution >= 4 is 12.1 Å². The summed E-state index contributed by atoms with van der Waals surface area (Å²) >= 11 is 0. The van der Waals surface area contributed by atoms with E-state index in [4.69, 9.17) is 56.8 Å². The molecule has 0 aromatic carbocycles. The third-order valence-corrected chi connectivity index (χ3v) is 5.31. The second-order valence-electron chi connectivity index (χ2n) is 10.5. The van der Waals surface area contributed by atoms with E-state index < -0.39 is 11.7 Å². The van der Waals surface area contributed by atoms with Crippen LogP contribution >= 0.6 is 0 Å². The fourth-order valence-corrected chi connectivity index (χ4v) is 3.10. The van der Waals surface area contributed by atoms with Crippen LogP contribution in [-0.2, 0) is 66.4 Å². The molecule has 0 saturated heterocycles. The third-order valence-electron chi connectivity index (χ3n) is 5.31. The smallest absolute Gasteiger partial charge is 0.407 e. The summed E-state index contributed by atoms with van der Waals surface area (Å²) in [7, 11) is 1.35. The summed E-state index contributed by atoms with van der Waals surface area (Å²) in [4.78, 5) is 22.4. The summed E-state index contributed by atoms with van der Waals surface area (Å²) in [5, 5.41) is 2.63. The molecule has 0 aliphatic carbocycles. The zero-order chi connectivity index (χ0) is 34.5. The fraction of sp³-hybridized carbons (Fsp3) is 0.935. The molecule has 0 unspecified atom stereocenters. The standard InChI is InChI=1S/C31H61NO15/c1-31(2,3)47-30(34)32-6-8-37-10-12-39-14-16-41-18-20-43-22-24-45-26-28-46-27-25-44-23-21-42-19-17-40-15-13-38-11-9-36-7-5-29(33)35-4/h5-28H2,1-4H3,(H,32,34). The lowest BCUT2D eigenvalue weighted by atomic mass is 10.2. The van der Waals surface area contributed by atoms with E-state index in [0.717, 1.165) is 0 Å². The maximum absolute atomic E-state index is 11.5. The van der Waals surface area contributed by atoms with Gasteiger partial charge in [0.1, 0.15) is 5.60 Å². The molecule has 0 spiro atoms. The Morgan fingerprint density at radius 1 is 0.426 bits per heavy atom. The molecule has 0 saturated carbocycles. The Morgan fingerprint density at radius 2 is 0.681 bits per heavy atom. The first-order valence-corrected chi connectivity index (χ1v) is 16.2. The van der Waals surface area contributed by atoms with Crippen molar-refractivity contribution in [2.45, 2.75) is 32.8 Å². The molecule has 1 N–H and O–H groups in total. The van der Waals surface area contributed by atoms with Gasteiger partial charge in [0.05, 0.1) is 159 Å². The Balaban J connectivity index is 3.10. The van der Waals surface area contributed by atoms with Crippen LogP contribution in [0.2, 0.25) is 0 Å². The van der Waals surface area contributed by atoms with Crippen molar-refractivity contribution in [3.8, 4) is 0 Å². The average molecular weight is 688 g/mol. The number of amides is 1. The summed E-state index contributed by atoms with van der Waals surface area (Å²) < 4.78 is 69.2. The van der Waals surface area contributed by atoms with Crippen LogP contribution in [0.25, 0.3) is 0 Å². The molecule has 0 atom stereocenters. The first-order chi connectivity index (χ1) is 22.8. The van der Waals surface area contributed by atoms with Gasteiger partial charge in [-0.3, -0.25) is 4.79 Å². The highest BCUT2D eigenvalue weighted by Gasteiger charge is 2.15. The number of ether oxygens (including phenoxy) is 13. The Hall–Kier alpha value is -1.70. The molecule has 0 radical (unpaired) electrons. The van der Waals surface area contributed by atoms with Gasteiger partial charge in [0.2, 0.25) is 0 Å². The van der Waals surface area contributed by atoms with Crippen molar-refractivity contribution in [3.05, 3.63) is 0 Å². The lowest BCUT2D eigenvalue weighted by Gasteiger charge is -2.19. The Bertz CT molecular complexity index is 682. The van der Waals surface area contributed by atoms with Crippen molar-refractivity contribution in [3.63, 3.8) is 0 Å². The fourth-order valence-electron chi connectivity index (χ4n) is 3.10. The Kier molecular flexibility index (Phi) is 34.3. The molecule has 47 heavy (non-hydrogen) atoms. The van der Waals surface area contributed by atoms with Crippen molar-refractivity contribution in [2.75, 3.05) is 159 Å². The first-order valence-electron chi connectivity index (χ1n) is 16.2. The number of methoxy groups -OCH3 is 1. The molecule has 16 nitrogen and oxygen atoms in total. The molecule has 0 aromatic rings. The monoisotopic (exact) mass is 687 g/mol. The number of carbonyl (C=O) groups is 2. The lowest BCUT2D eigenvalue weighted by molar-refractivity contribution is -0.141. The second-order valence-corrected chi connectivity index (χ2v) is 10.5.